The van der Waals surface area contributed by atoms with Crippen molar-refractivity contribution in [3.05, 3.63) is 23.2 Å². The molecule has 0 spiro atoms. The van der Waals surface area contributed by atoms with E-state index in [1.165, 1.54) is 0 Å². The van der Waals surface area contributed by atoms with Gasteiger partial charge in [-0.3, -0.25) is 4.90 Å². The van der Waals surface area contributed by atoms with Gasteiger partial charge in [0.25, 0.3) is 0 Å². The molecular formula is C20H37N5O2. The Bertz CT molecular complexity index is 604. The highest BCUT2D eigenvalue weighted by atomic mass is 16.3. The van der Waals surface area contributed by atoms with Crippen LogP contribution in [0.5, 0.6) is 0 Å². The number of aliphatic hydroxyl groups is 1. The summed E-state index contributed by atoms with van der Waals surface area (Å²) in [5.41, 5.74) is -0.255. The standard InChI is InChI=1S/C20H37N5O2/c1-6-21-19(22-8-9-25-12-10-24(7-2)11-13-25)23-15-20(5,26)18-14-16(3)27-17(18)4/h14,26H,6-13,15H2,1-5H3,(H2,21,22,23). The van der Waals surface area contributed by atoms with Crippen LogP contribution in [0.3, 0.4) is 0 Å². The van der Waals surface area contributed by atoms with Crippen molar-refractivity contribution in [3.8, 4) is 0 Å². The number of hydrogen-bond donors (Lipinski definition) is 3. The van der Waals surface area contributed by atoms with Crippen molar-refractivity contribution in [2.75, 3.05) is 58.9 Å². The van der Waals surface area contributed by atoms with Gasteiger partial charge in [-0.15, -0.1) is 0 Å². The first-order valence-corrected chi connectivity index (χ1v) is 10.1. The summed E-state index contributed by atoms with van der Waals surface area (Å²) in [5, 5.41) is 17.5. The predicted molar refractivity (Wildman–Crippen MR) is 110 cm³/mol. The van der Waals surface area contributed by atoms with E-state index in [-0.39, 0.29) is 6.54 Å². The number of aliphatic imine (C=N–C) groups is 1. The molecule has 3 N–H and O–H groups in total. The van der Waals surface area contributed by atoms with Gasteiger partial charge in [0.15, 0.2) is 5.96 Å². The van der Waals surface area contributed by atoms with Crippen LogP contribution in [0.1, 0.15) is 37.9 Å². The Kier molecular flexibility index (Phi) is 8.13. The molecule has 1 saturated heterocycles. The van der Waals surface area contributed by atoms with Crippen LogP contribution in [0.15, 0.2) is 15.5 Å². The van der Waals surface area contributed by atoms with Crippen molar-refractivity contribution in [1.82, 2.24) is 20.4 Å². The molecule has 27 heavy (non-hydrogen) atoms. The molecule has 0 bridgehead atoms. The molecule has 0 saturated carbocycles. The SMILES string of the molecule is CCNC(=NCC(C)(O)c1cc(C)oc1C)NCCN1CCN(CC)CC1. The van der Waals surface area contributed by atoms with E-state index in [9.17, 15) is 5.11 Å². The van der Waals surface area contributed by atoms with Gasteiger partial charge in [0.1, 0.15) is 17.1 Å². The van der Waals surface area contributed by atoms with E-state index in [0.717, 1.165) is 75.4 Å². The fraction of sp³-hybridized carbons (Fsp3) is 0.750. The minimum atomic E-state index is -1.05. The van der Waals surface area contributed by atoms with E-state index in [1.807, 2.05) is 26.8 Å². The Hall–Kier alpha value is -1.57. The summed E-state index contributed by atoms with van der Waals surface area (Å²) in [5.74, 6) is 2.29. The highest BCUT2D eigenvalue weighted by Gasteiger charge is 2.27. The molecule has 7 nitrogen and oxygen atoms in total. The van der Waals surface area contributed by atoms with E-state index in [0.29, 0.717) is 0 Å². The molecule has 1 fully saturated rings. The Morgan fingerprint density at radius 2 is 1.85 bits per heavy atom. The van der Waals surface area contributed by atoms with Crippen molar-refractivity contribution in [2.24, 2.45) is 4.99 Å². The number of nitrogens with one attached hydrogen (secondary N) is 2. The smallest absolute Gasteiger partial charge is 0.191 e. The van der Waals surface area contributed by atoms with Gasteiger partial charge < -0.3 is 25.1 Å². The van der Waals surface area contributed by atoms with Gasteiger partial charge in [0.2, 0.25) is 0 Å². The van der Waals surface area contributed by atoms with E-state index in [4.69, 9.17) is 4.42 Å². The summed E-state index contributed by atoms with van der Waals surface area (Å²) in [6.45, 7) is 18.4. The molecule has 154 valence electrons. The maximum absolute atomic E-state index is 10.8. The Balaban J connectivity index is 1.85. The minimum Gasteiger partial charge on any atom is -0.466 e. The van der Waals surface area contributed by atoms with Crippen LogP contribution in [-0.4, -0.2) is 79.8 Å². The molecule has 2 heterocycles. The van der Waals surface area contributed by atoms with Crippen LogP contribution in [0, 0.1) is 13.8 Å². The van der Waals surface area contributed by atoms with Gasteiger partial charge in [-0.05, 0) is 40.3 Å². The fourth-order valence-corrected chi connectivity index (χ4v) is 3.49. The lowest BCUT2D eigenvalue weighted by atomic mass is 9.96. The summed E-state index contributed by atoms with van der Waals surface area (Å²) in [6, 6.07) is 1.89. The zero-order valence-electron chi connectivity index (χ0n) is 17.6. The molecule has 1 aromatic rings. The molecular weight excluding hydrogens is 342 g/mol. The number of hydrogen-bond acceptors (Lipinski definition) is 5. The third-order valence-corrected chi connectivity index (χ3v) is 5.14. The Morgan fingerprint density at radius 3 is 2.41 bits per heavy atom. The largest absolute Gasteiger partial charge is 0.466 e. The molecule has 0 radical (unpaired) electrons. The van der Waals surface area contributed by atoms with Crippen LogP contribution in [0.25, 0.3) is 0 Å². The molecule has 1 aliphatic rings. The van der Waals surface area contributed by atoms with Crippen molar-refractivity contribution in [1.29, 1.82) is 0 Å². The molecule has 1 atom stereocenters. The van der Waals surface area contributed by atoms with Crippen molar-refractivity contribution < 1.29 is 9.52 Å². The van der Waals surface area contributed by atoms with E-state index < -0.39 is 5.60 Å². The lowest BCUT2D eigenvalue weighted by molar-refractivity contribution is 0.0657. The molecule has 0 aliphatic carbocycles. The van der Waals surface area contributed by atoms with Gasteiger partial charge in [0, 0.05) is 51.4 Å². The molecule has 1 unspecified atom stereocenters. The number of piperazine rings is 1. The summed E-state index contributed by atoms with van der Waals surface area (Å²) >= 11 is 0. The lowest BCUT2D eigenvalue weighted by Gasteiger charge is -2.34. The van der Waals surface area contributed by atoms with Crippen LogP contribution < -0.4 is 10.6 Å². The molecule has 2 rings (SSSR count). The molecule has 1 aromatic heterocycles. The highest BCUT2D eigenvalue weighted by Crippen LogP contribution is 2.27. The quantitative estimate of drug-likeness (QED) is 0.467. The summed E-state index contributed by atoms with van der Waals surface area (Å²) in [6.07, 6.45) is 0. The highest BCUT2D eigenvalue weighted by molar-refractivity contribution is 5.79. The molecule has 7 heteroatoms. The van der Waals surface area contributed by atoms with Crippen LogP contribution in [0.4, 0.5) is 0 Å². The van der Waals surface area contributed by atoms with Crippen LogP contribution >= 0.6 is 0 Å². The zero-order chi connectivity index (χ0) is 19.9. The molecule has 1 aliphatic heterocycles. The number of rotatable bonds is 8. The van der Waals surface area contributed by atoms with Crippen molar-refractivity contribution in [2.45, 2.75) is 40.2 Å². The van der Waals surface area contributed by atoms with E-state index in [2.05, 4.69) is 32.3 Å². The topological polar surface area (TPSA) is 76.3 Å². The summed E-state index contributed by atoms with van der Waals surface area (Å²) in [4.78, 5) is 9.56. The first kappa shape index (κ1) is 21.7. The van der Waals surface area contributed by atoms with Gasteiger partial charge in [-0.2, -0.15) is 0 Å². The van der Waals surface area contributed by atoms with Gasteiger partial charge >= 0.3 is 0 Å². The third kappa shape index (κ3) is 6.52. The third-order valence-electron chi connectivity index (χ3n) is 5.14. The van der Waals surface area contributed by atoms with Gasteiger partial charge in [0.05, 0.1) is 6.54 Å². The maximum Gasteiger partial charge on any atom is 0.191 e. The van der Waals surface area contributed by atoms with Crippen LogP contribution in [0.2, 0.25) is 0 Å². The van der Waals surface area contributed by atoms with Crippen molar-refractivity contribution in [3.63, 3.8) is 0 Å². The lowest BCUT2D eigenvalue weighted by Crippen LogP contribution is -2.49. The second-order valence-electron chi connectivity index (χ2n) is 7.50. The average Bonchev–Trinajstić information content (AvgIpc) is 2.99. The first-order valence-electron chi connectivity index (χ1n) is 10.1. The number of aryl methyl sites for hydroxylation is 2. The van der Waals surface area contributed by atoms with Crippen LogP contribution in [-0.2, 0) is 5.60 Å². The van der Waals surface area contributed by atoms with Crippen molar-refractivity contribution >= 4 is 5.96 Å². The number of furan rings is 1. The van der Waals surface area contributed by atoms with Gasteiger partial charge in [-0.1, -0.05) is 6.92 Å². The number of likely N-dealkylation sites (N-methyl/N-ethyl adjacent to an activating group) is 1. The first-order chi connectivity index (χ1) is 12.9. The predicted octanol–water partition coefficient (Wildman–Crippen LogP) is 1.30. The molecule has 0 amide bonds. The second kappa shape index (κ2) is 10.1. The monoisotopic (exact) mass is 379 g/mol. The average molecular weight is 380 g/mol. The Morgan fingerprint density at radius 1 is 1.19 bits per heavy atom. The maximum atomic E-state index is 10.8. The minimum absolute atomic E-state index is 0.275. The zero-order valence-corrected chi connectivity index (χ0v) is 17.6. The number of guanidine groups is 1. The fourth-order valence-electron chi connectivity index (χ4n) is 3.49. The number of nitrogens with zero attached hydrogens (tertiary/aromatic N) is 3. The van der Waals surface area contributed by atoms with E-state index in [1.54, 1.807) is 6.92 Å². The molecule has 0 aromatic carbocycles. The summed E-state index contributed by atoms with van der Waals surface area (Å²) in [7, 11) is 0. The van der Waals surface area contributed by atoms with E-state index >= 15 is 0 Å². The second-order valence-corrected chi connectivity index (χ2v) is 7.50. The summed E-state index contributed by atoms with van der Waals surface area (Å²) < 4.78 is 5.55. The Labute approximate surface area is 163 Å². The normalized spacial score (nSPS) is 19.1. The van der Waals surface area contributed by atoms with Gasteiger partial charge in [-0.25, -0.2) is 4.99 Å².